The average molecular weight is 476 g/mol. The molecule has 1 aliphatic heterocycles. The molecule has 2 amide bonds. The van der Waals surface area contributed by atoms with Gasteiger partial charge >= 0.3 is 12.3 Å². The molecule has 2 aromatic carbocycles. The van der Waals surface area contributed by atoms with Crippen LogP contribution < -0.4 is 5.32 Å². The summed E-state index contributed by atoms with van der Waals surface area (Å²) in [5.74, 6) is 3.60. The molecule has 1 N–H and O–H groups in total. The van der Waals surface area contributed by atoms with Crippen molar-refractivity contribution in [2.24, 2.45) is 0 Å². The first-order chi connectivity index (χ1) is 15.8. The lowest BCUT2D eigenvalue weighted by Crippen LogP contribution is -2.45. The van der Waals surface area contributed by atoms with E-state index >= 15 is 0 Å². The van der Waals surface area contributed by atoms with Gasteiger partial charge in [0.2, 0.25) is 5.91 Å². The fraction of sp³-hybridized carbons (Fsp3) is 0.360. The Bertz CT molecular complexity index is 1130. The minimum atomic E-state index is -4.81. The highest BCUT2D eigenvalue weighted by molar-refractivity contribution is 5.96. The Labute approximate surface area is 195 Å². The van der Waals surface area contributed by atoms with Crippen molar-refractivity contribution >= 4 is 17.7 Å². The van der Waals surface area contributed by atoms with Crippen molar-refractivity contribution in [3.8, 4) is 11.8 Å². The summed E-state index contributed by atoms with van der Waals surface area (Å²) < 4.78 is 57.3. The van der Waals surface area contributed by atoms with E-state index in [1.807, 2.05) is 0 Å². The Balaban J connectivity index is 1.66. The van der Waals surface area contributed by atoms with Gasteiger partial charge in [-0.05, 0) is 76.1 Å². The van der Waals surface area contributed by atoms with Gasteiger partial charge in [0.1, 0.15) is 17.5 Å². The fourth-order valence-electron chi connectivity index (χ4n) is 3.41. The van der Waals surface area contributed by atoms with E-state index in [1.165, 1.54) is 11.0 Å². The van der Waals surface area contributed by atoms with Crippen LogP contribution in [0.15, 0.2) is 42.5 Å². The molecule has 0 bridgehead atoms. The molecule has 1 heterocycles. The second kappa shape index (κ2) is 9.75. The number of hydrogen-bond acceptors (Lipinski definition) is 3. The summed E-state index contributed by atoms with van der Waals surface area (Å²) in [6.07, 6.45) is -4.14. The van der Waals surface area contributed by atoms with Crippen molar-refractivity contribution in [2.75, 3.05) is 11.9 Å². The van der Waals surface area contributed by atoms with E-state index < -0.39 is 35.3 Å². The van der Waals surface area contributed by atoms with Crippen LogP contribution >= 0.6 is 0 Å². The van der Waals surface area contributed by atoms with Crippen molar-refractivity contribution in [3.63, 3.8) is 0 Å². The minimum Gasteiger partial charge on any atom is -0.444 e. The van der Waals surface area contributed by atoms with Gasteiger partial charge < -0.3 is 10.1 Å². The summed E-state index contributed by atoms with van der Waals surface area (Å²) in [6.45, 7) is 5.70. The predicted octanol–water partition coefficient (Wildman–Crippen LogP) is 5.58. The Morgan fingerprint density at radius 2 is 1.65 bits per heavy atom. The molecule has 180 valence electrons. The Kier molecular flexibility index (Phi) is 7.20. The molecule has 1 aliphatic rings. The largest absolute Gasteiger partial charge is 0.444 e. The van der Waals surface area contributed by atoms with E-state index in [1.54, 1.807) is 45.0 Å². The number of carbonyl (C=O) groups excluding carboxylic acids is 2. The molecule has 3 rings (SSSR count). The number of likely N-dealkylation sites (tertiary alicyclic amines) is 1. The highest BCUT2D eigenvalue weighted by Gasteiger charge is 2.36. The molecule has 0 saturated carbocycles. The number of benzene rings is 2. The van der Waals surface area contributed by atoms with Crippen LogP contribution in [0, 0.1) is 17.7 Å². The van der Waals surface area contributed by atoms with Gasteiger partial charge in [0.25, 0.3) is 0 Å². The van der Waals surface area contributed by atoms with Crippen LogP contribution in [0.5, 0.6) is 0 Å². The first-order valence-electron chi connectivity index (χ1n) is 10.6. The zero-order chi connectivity index (χ0) is 25.1. The summed E-state index contributed by atoms with van der Waals surface area (Å²) in [4.78, 5) is 26.5. The molecule has 0 radical (unpaired) electrons. The zero-order valence-electron chi connectivity index (χ0n) is 18.9. The third-order valence-electron chi connectivity index (χ3n) is 4.96. The van der Waals surface area contributed by atoms with Gasteiger partial charge in [-0.25, -0.2) is 9.18 Å². The van der Waals surface area contributed by atoms with Crippen LogP contribution in [0.3, 0.4) is 0 Å². The van der Waals surface area contributed by atoms with E-state index in [0.29, 0.717) is 36.7 Å². The molecule has 9 heteroatoms. The van der Waals surface area contributed by atoms with Crippen molar-refractivity contribution in [2.45, 2.75) is 51.4 Å². The quantitative estimate of drug-likeness (QED) is 0.455. The molecule has 0 unspecified atom stereocenters. The van der Waals surface area contributed by atoms with E-state index in [2.05, 4.69) is 17.2 Å². The molecular formula is C25H24F4N2O3. The summed E-state index contributed by atoms with van der Waals surface area (Å²) in [7, 11) is 0. The fourth-order valence-corrected chi connectivity index (χ4v) is 3.41. The van der Waals surface area contributed by atoms with Gasteiger partial charge in [-0.3, -0.25) is 9.69 Å². The van der Waals surface area contributed by atoms with E-state index in [0.717, 1.165) is 6.07 Å². The van der Waals surface area contributed by atoms with Crippen molar-refractivity contribution < 1.29 is 31.9 Å². The van der Waals surface area contributed by atoms with Gasteiger partial charge in [-0.1, -0.05) is 11.8 Å². The van der Waals surface area contributed by atoms with Crippen LogP contribution in [0.25, 0.3) is 0 Å². The second-order valence-electron chi connectivity index (χ2n) is 8.84. The first kappa shape index (κ1) is 25.1. The molecule has 5 nitrogen and oxygen atoms in total. The van der Waals surface area contributed by atoms with E-state index in [-0.39, 0.29) is 11.5 Å². The third kappa shape index (κ3) is 6.50. The van der Waals surface area contributed by atoms with Crippen LogP contribution in [0.1, 0.15) is 50.3 Å². The van der Waals surface area contributed by atoms with Gasteiger partial charge in [0.15, 0.2) is 0 Å². The van der Waals surface area contributed by atoms with Gasteiger partial charge in [0, 0.05) is 23.4 Å². The molecule has 0 spiro atoms. The number of anilines is 1. The topological polar surface area (TPSA) is 58.6 Å². The standard InChI is InChI=1S/C25H24F4N2O3/c1-24(2,3)34-23(33)31-14-4-5-21(31)22(32)30-18-11-8-16(9-12-18)6-7-17-10-13-20(26)19(15-17)25(27,28)29/h8-13,15,21H,4-5,14H2,1-3H3,(H,30,32)/t21-/m1/s1. The van der Waals surface area contributed by atoms with E-state index in [4.69, 9.17) is 4.74 Å². The molecule has 0 aliphatic carbocycles. The summed E-state index contributed by atoms with van der Waals surface area (Å²) in [5.41, 5.74) is -1.04. The average Bonchev–Trinajstić information content (AvgIpc) is 3.22. The van der Waals surface area contributed by atoms with Crippen molar-refractivity contribution in [3.05, 3.63) is 65.0 Å². The van der Waals surface area contributed by atoms with Crippen LogP contribution in [-0.2, 0) is 15.7 Å². The molecular weight excluding hydrogens is 452 g/mol. The third-order valence-corrected chi connectivity index (χ3v) is 4.96. The summed E-state index contributed by atoms with van der Waals surface area (Å²) in [6, 6.07) is 8.30. The molecule has 2 aromatic rings. The number of alkyl halides is 3. The number of hydrogen-bond donors (Lipinski definition) is 1. The molecule has 0 aromatic heterocycles. The SMILES string of the molecule is CC(C)(C)OC(=O)N1CCC[C@@H]1C(=O)Nc1ccc(C#Cc2ccc(F)c(C(F)(F)F)c2)cc1. The lowest BCUT2D eigenvalue weighted by Gasteiger charge is -2.28. The van der Waals surface area contributed by atoms with Gasteiger partial charge in [-0.15, -0.1) is 0 Å². The normalized spacial score (nSPS) is 16.0. The summed E-state index contributed by atoms with van der Waals surface area (Å²) >= 11 is 0. The van der Waals surface area contributed by atoms with Crippen LogP contribution in [0.2, 0.25) is 0 Å². The Hall–Kier alpha value is -3.54. The lowest BCUT2D eigenvalue weighted by atomic mass is 10.1. The van der Waals surface area contributed by atoms with Crippen LogP contribution in [-0.4, -0.2) is 35.1 Å². The number of amides is 2. The molecule has 1 atom stereocenters. The number of ether oxygens (including phenoxy) is 1. The number of nitrogens with one attached hydrogen (secondary N) is 1. The Morgan fingerprint density at radius 3 is 2.26 bits per heavy atom. The number of carbonyl (C=O) groups is 2. The number of nitrogens with zero attached hydrogens (tertiary/aromatic N) is 1. The summed E-state index contributed by atoms with van der Waals surface area (Å²) in [5, 5.41) is 2.76. The first-order valence-corrected chi connectivity index (χ1v) is 10.6. The maximum absolute atomic E-state index is 13.4. The second-order valence-corrected chi connectivity index (χ2v) is 8.84. The predicted molar refractivity (Wildman–Crippen MR) is 118 cm³/mol. The van der Waals surface area contributed by atoms with Gasteiger partial charge in [-0.2, -0.15) is 13.2 Å². The maximum atomic E-state index is 13.4. The van der Waals surface area contributed by atoms with Crippen molar-refractivity contribution in [1.82, 2.24) is 4.90 Å². The minimum absolute atomic E-state index is 0.0228. The molecule has 1 saturated heterocycles. The van der Waals surface area contributed by atoms with Crippen molar-refractivity contribution in [1.29, 1.82) is 0 Å². The molecule has 34 heavy (non-hydrogen) atoms. The van der Waals surface area contributed by atoms with Crippen LogP contribution in [0.4, 0.5) is 28.0 Å². The number of rotatable bonds is 2. The monoisotopic (exact) mass is 476 g/mol. The highest BCUT2D eigenvalue weighted by atomic mass is 19.4. The Morgan fingerprint density at radius 1 is 1.03 bits per heavy atom. The lowest BCUT2D eigenvalue weighted by molar-refractivity contribution is -0.140. The highest BCUT2D eigenvalue weighted by Crippen LogP contribution is 2.31. The zero-order valence-corrected chi connectivity index (χ0v) is 18.9. The maximum Gasteiger partial charge on any atom is 0.419 e. The van der Waals surface area contributed by atoms with E-state index in [9.17, 15) is 27.2 Å². The smallest absolute Gasteiger partial charge is 0.419 e. The number of halogens is 4. The van der Waals surface area contributed by atoms with Gasteiger partial charge in [0.05, 0.1) is 5.56 Å². The molecule has 1 fully saturated rings.